The minimum absolute atomic E-state index is 0.642. The van der Waals surface area contributed by atoms with E-state index in [0.29, 0.717) is 6.61 Å². The maximum absolute atomic E-state index is 5.67. The summed E-state index contributed by atoms with van der Waals surface area (Å²) in [6.07, 6.45) is 0. The monoisotopic (exact) mass is 338 g/mol. The first-order valence-corrected chi connectivity index (χ1v) is 8.94. The molecule has 3 rings (SSSR count). The highest BCUT2D eigenvalue weighted by Crippen LogP contribution is 2.34. The standard InChI is InChI=1S/C20H22N2OS/c1-5-23-18-9-7-6-8-17(18)21-20-22-19(15(4)24-20)16-11-10-13(2)14(3)12-16/h6-12H,5H2,1-4H3,(H,21,22). The molecule has 1 N–H and O–H groups in total. The Morgan fingerprint density at radius 3 is 2.58 bits per heavy atom. The Morgan fingerprint density at radius 2 is 1.83 bits per heavy atom. The van der Waals surface area contributed by atoms with E-state index >= 15 is 0 Å². The van der Waals surface area contributed by atoms with E-state index in [1.807, 2.05) is 31.2 Å². The quantitative estimate of drug-likeness (QED) is 0.631. The Hall–Kier alpha value is -2.33. The summed E-state index contributed by atoms with van der Waals surface area (Å²) in [5.74, 6) is 0.848. The average Bonchev–Trinajstić information content (AvgIpc) is 2.93. The summed E-state index contributed by atoms with van der Waals surface area (Å²) in [5, 5.41) is 4.28. The molecule has 124 valence electrons. The maximum atomic E-state index is 5.67. The average molecular weight is 338 g/mol. The molecule has 1 aromatic heterocycles. The number of nitrogens with one attached hydrogen (secondary N) is 1. The van der Waals surface area contributed by atoms with E-state index in [1.54, 1.807) is 11.3 Å². The summed E-state index contributed by atoms with van der Waals surface area (Å²) in [7, 11) is 0. The van der Waals surface area contributed by atoms with Gasteiger partial charge >= 0.3 is 0 Å². The Kier molecular flexibility index (Phi) is 4.86. The first-order chi connectivity index (χ1) is 11.6. The summed E-state index contributed by atoms with van der Waals surface area (Å²) in [4.78, 5) is 6.00. The van der Waals surface area contributed by atoms with Gasteiger partial charge in [-0.3, -0.25) is 0 Å². The van der Waals surface area contributed by atoms with Crippen molar-refractivity contribution in [1.29, 1.82) is 0 Å². The zero-order valence-corrected chi connectivity index (χ0v) is 15.3. The van der Waals surface area contributed by atoms with Gasteiger partial charge < -0.3 is 10.1 Å². The summed E-state index contributed by atoms with van der Waals surface area (Å²) in [5.41, 5.74) is 5.74. The molecule has 0 fully saturated rings. The molecular weight excluding hydrogens is 316 g/mol. The molecule has 0 radical (unpaired) electrons. The first kappa shape index (κ1) is 16.5. The maximum Gasteiger partial charge on any atom is 0.188 e. The zero-order chi connectivity index (χ0) is 17.1. The number of benzene rings is 2. The number of nitrogens with zero attached hydrogens (tertiary/aromatic N) is 1. The molecule has 0 saturated carbocycles. The van der Waals surface area contributed by atoms with Crippen LogP contribution in [0.4, 0.5) is 10.8 Å². The largest absolute Gasteiger partial charge is 0.492 e. The number of rotatable bonds is 5. The SMILES string of the molecule is CCOc1ccccc1Nc1nc(-c2ccc(C)c(C)c2)c(C)s1. The minimum Gasteiger partial charge on any atom is -0.492 e. The van der Waals surface area contributed by atoms with Crippen LogP contribution in [0.15, 0.2) is 42.5 Å². The molecule has 0 bridgehead atoms. The highest BCUT2D eigenvalue weighted by Gasteiger charge is 2.12. The fourth-order valence-electron chi connectivity index (χ4n) is 2.57. The van der Waals surface area contributed by atoms with E-state index in [0.717, 1.165) is 27.8 Å². The van der Waals surface area contributed by atoms with Gasteiger partial charge in [-0.25, -0.2) is 4.98 Å². The Balaban J connectivity index is 1.91. The van der Waals surface area contributed by atoms with Gasteiger partial charge in [0.1, 0.15) is 5.75 Å². The number of hydrogen-bond donors (Lipinski definition) is 1. The minimum atomic E-state index is 0.642. The Morgan fingerprint density at radius 1 is 1.04 bits per heavy atom. The van der Waals surface area contributed by atoms with Gasteiger partial charge in [-0.1, -0.05) is 24.3 Å². The Labute approximate surface area is 147 Å². The molecular formula is C20H22N2OS. The van der Waals surface area contributed by atoms with E-state index in [1.165, 1.54) is 16.0 Å². The van der Waals surface area contributed by atoms with E-state index in [-0.39, 0.29) is 0 Å². The molecule has 24 heavy (non-hydrogen) atoms. The number of aryl methyl sites for hydroxylation is 3. The van der Waals surface area contributed by atoms with Crippen LogP contribution >= 0.6 is 11.3 Å². The van der Waals surface area contributed by atoms with Crippen molar-refractivity contribution in [2.24, 2.45) is 0 Å². The molecule has 0 unspecified atom stereocenters. The van der Waals surface area contributed by atoms with Crippen LogP contribution in [0, 0.1) is 20.8 Å². The lowest BCUT2D eigenvalue weighted by Gasteiger charge is -2.10. The molecule has 3 nitrogen and oxygen atoms in total. The summed E-state index contributed by atoms with van der Waals surface area (Å²) >= 11 is 1.66. The fourth-order valence-corrected chi connectivity index (χ4v) is 3.42. The van der Waals surface area contributed by atoms with Crippen molar-refractivity contribution in [3.05, 3.63) is 58.5 Å². The van der Waals surface area contributed by atoms with Crippen LogP contribution < -0.4 is 10.1 Å². The second-order valence-electron chi connectivity index (χ2n) is 5.78. The van der Waals surface area contributed by atoms with Gasteiger partial charge in [0.25, 0.3) is 0 Å². The van der Waals surface area contributed by atoms with Crippen molar-refractivity contribution in [2.75, 3.05) is 11.9 Å². The van der Waals surface area contributed by atoms with Crippen LogP contribution in [0.3, 0.4) is 0 Å². The number of thiazole rings is 1. The number of anilines is 2. The van der Waals surface area contributed by atoms with Crippen molar-refractivity contribution >= 4 is 22.2 Å². The number of aromatic nitrogens is 1. The lowest BCUT2D eigenvalue weighted by Crippen LogP contribution is -1.97. The van der Waals surface area contributed by atoms with Crippen LogP contribution in [0.5, 0.6) is 5.75 Å². The van der Waals surface area contributed by atoms with Gasteiger partial charge in [0.2, 0.25) is 0 Å². The van der Waals surface area contributed by atoms with Crippen LogP contribution in [0.1, 0.15) is 22.9 Å². The van der Waals surface area contributed by atoms with Crippen molar-refractivity contribution in [3.8, 4) is 17.0 Å². The smallest absolute Gasteiger partial charge is 0.188 e. The third-order valence-corrected chi connectivity index (χ3v) is 4.89. The number of para-hydroxylation sites is 2. The number of ether oxygens (including phenoxy) is 1. The molecule has 0 atom stereocenters. The second-order valence-corrected chi connectivity index (χ2v) is 6.98. The van der Waals surface area contributed by atoms with E-state index < -0.39 is 0 Å². The van der Waals surface area contributed by atoms with Crippen molar-refractivity contribution in [1.82, 2.24) is 4.98 Å². The molecule has 0 amide bonds. The molecule has 0 saturated heterocycles. The van der Waals surface area contributed by atoms with E-state index in [2.05, 4.69) is 44.3 Å². The predicted octanol–water partition coefficient (Wildman–Crippen LogP) is 5.88. The third kappa shape index (κ3) is 3.44. The highest BCUT2D eigenvalue weighted by molar-refractivity contribution is 7.16. The summed E-state index contributed by atoms with van der Waals surface area (Å²) < 4.78 is 5.67. The second kappa shape index (κ2) is 7.05. The predicted molar refractivity (Wildman–Crippen MR) is 103 cm³/mol. The van der Waals surface area contributed by atoms with Crippen LogP contribution in [0.2, 0.25) is 0 Å². The van der Waals surface area contributed by atoms with Gasteiger partial charge in [-0.2, -0.15) is 0 Å². The molecule has 0 aliphatic carbocycles. The highest BCUT2D eigenvalue weighted by atomic mass is 32.1. The topological polar surface area (TPSA) is 34.1 Å². The van der Waals surface area contributed by atoms with Crippen molar-refractivity contribution < 1.29 is 4.74 Å². The van der Waals surface area contributed by atoms with Gasteiger partial charge in [-0.15, -0.1) is 11.3 Å². The lowest BCUT2D eigenvalue weighted by molar-refractivity contribution is 0.342. The molecule has 0 aliphatic rings. The van der Waals surface area contributed by atoms with Gasteiger partial charge in [0, 0.05) is 10.4 Å². The van der Waals surface area contributed by atoms with E-state index in [9.17, 15) is 0 Å². The lowest BCUT2D eigenvalue weighted by atomic mass is 10.0. The molecule has 2 aromatic carbocycles. The zero-order valence-electron chi connectivity index (χ0n) is 14.5. The first-order valence-electron chi connectivity index (χ1n) is 8.12. The molecule has 0 aliphatic heterocycles. The molecule has 1 heterocycles. The number of hydrogen-bond acceptors (Lipinski definition) is 4. The summed E-state index contributed by atoms with van der Waals surface area (Å²) in [6, 6.07) is 14.5. The van der Waals surface area contributed by atoms with Gasteiger partial charge in [-0.05, 0) is 57.0 Å². The van der Waals surface area contributed by atoms with Crippen LogP contribution in [0.25, 0.3) is 11.3 Å². The third-order valence-electron chi connectivity index (χ3n) is 4.01. The molecule has 0 spiro atoms. The van der Waals surface area contributed by atoms with Gasteiger partial charge in [0.15, 0.2) is 5.13 Å². The molecule has 4 heteroatoms. The van der Waals surface area contributed by atoms with Crippen LogP contribution in [-0.2, 0) is 0 Å². The van der Waals surface area contributed by atoms with Crippen molar-refractivity contribution in [2.45, 2.75) is 27.7 Å². The molecule has 3 aromatic rings. The normalized spacial score (nSPS) is 10.7. The van der Waals surface area contributed by atoms with Crippen LogP contribution in [-0.4, -0.2) is 11.6 Å². The van der Waals surface area contributed by atoms with E-state index in [4.69, 9.17) is 9.72 Å². The fraction of sp³-hybridized carbons (Fsp3) is 0.250. The summed E-state index contributed by atoms with van der Waals surface area (Å²) in [6.45, 7) is 9.01. The van der Waals surface area contributed by atoms with Gasteiger partial charge in [0.05, 0.1) is 18.0 Å². The Bertz CT molecular complexity index is 855. The van der Waals surface area contributed by atoms with Crippen molar-refractivity contribution in [3.63, 3.8) is 0 Å².